The summed E-state index contributed by atoms with van der Waals surface area (Å²) in [5, 5.41) is 0.780. The van der Waals surface area contributed by atoms with Crippen molar-refractivity contribution in [3.8, 4) is 11.1 Å². The average molecular weight is 525 g/mol. The predicted molar refractivity (Wildman–Crippen MR) is 123 cm³/mol. The van der Waals surface area contributed by atoms with E-state index in [1.165, 1.54) is 12.1 Å². The zero-order chi connectivity index (χ0) is 25.9. The minimum absolute atomic E-state index is 0.0517. The Kier molecular flexibility index (Phi) is 7.31. The number of H-pyrrole nitrogens is 1. The third kappa shape index (κ3) is 5.85. The van der Waals surface area contributed by atoms with E-state index in [2.05, 4.69) is 19.4 Å². The molecule has 0 bridgehead atoms. The number of ether oxygens (including phenoxy) is 1. The molecule has 1 aliphatic rings. The van der Waals surface area contributed by atoms with Crippen LogP contribution < -0.4 is 4.72 Å². The van der Waals surface area contributed by atoms with E-state index in [1.54, 1.807) is 24.4 Å². The van der Waals surface area contributed by atoms with Crippen molar-refractivity contribution in [3.05, 3.63) is 48.3 Å². The zero-order valence-corrected chi connectivity index (χ0v) is 19.8. The Morgan fingerprint density at radius 3 is 2.47 bits per heavy atom. The Labute approximate surface area is 204 Å². The van der Waals surface area contributed by atoms with Gasteiger partial charge in [-0.2, -0.15) is 13.2 Å². The van der Waals surface area contributed by atoms with Crippen molar-refractivity contribution >= 4 is 32.9 Å². The average Bonchev–Trinajstić information content (AvgIpc) is 3.51. The summed E-state index contributed by atoms with van der Waals surface area (Å²) >= 11 is 0. The largest absolute Gasteiger partial charge is 0.490 e. The van der Waals surface area contributed by atoms with Crippen LogP contribution in [0.1, 0.15) is 18.5 Å². The van der Waals surface area contributed by atoms with E-state index < -0.39 is 35.3 Å². The Balaban J connectivity index is 1.44. The lowest BCUT2D eigenvalue weighted by molar-refractivity contribution is -0.199. The molecule has 0 radical (unpaired) electrons. The molecule has 0 saturated carbocycles. The molecule has 36 heavy (non-hydrogen) atoms. The lowest BCUT2D eigenvalue weighted by Gasteiger charge is -2.14. The maximum Gasteiger partial charge on any atom is 0.490 e. The van der Waals surface area contributed by atoms with Crippen LogP contribution in [0.25, 0.3) is 22.2 Å². The van der Waals surface area contributed by atoms with E-state index in [0.29, 0.717) is 11.2 Å². The predicted octanol–water partition coefficient (Wildman–Crippen LogP) is 2.78. The molecule has 192 valence electrons. The number of nitrogens with zero attached hydrogens (tertiary/aromatic N) is 2. The number of likely N-dealkylation sites (tertiary alicyclic amines) is 1. The highest BCUT2D eigenvalue weighted by Crippen LogP contribution is 2.29. The molecule has 1 saturated heterocycles. The van der Waals surface area contributed by atoms with Crippen LogP contribution in [0.3, 0.4) is 0 Å². The highest BCUT2D eigenvalue weighted by Gasteiger charge is 2.40. The van der Waals surface area contributed by atoms with Gasteiger partial charge in [0.15, 0.2) is 0 Å². The number of fused-ring (bicyclic) bond motifs is 1. The molecular formula is C23H23F3N4O5S. The summed E-state index contributed by atoms with van der Waals surface area (Å²) in [4.78, 5) is 32.4. The Morgan fingerprint density at radius 1 is 1.11 bits per heavy atom. The molecule has 2 aromatic heterocycles. The number of hydrogen-bond acceptors (Lipinski definition) is 6. The molecule has 13 heteroatoms. The summed E-state index contributed by atoms with van der Waals surface area (Å²) in [5.74, 6) is -2.33. The van der Waals surface area contributed by atoms with Crippen molar-refractivity contribution in [2.45, 2.75) is 30.3 Å². The number of esters is 1. The number of aromatic nitrogens is 2. The quantitative estimate of drug-likeness (QED) is 0.345. The van der Waals surface area contributed by atoms with Gasteiger partial charge in [-0.05, 0) is 48.2 Å². The third-order valence-corrected chi connectivity index (χ3v) is 7.20. The van der Waals surface area contributed by atoms with E-state index in [9.17, 15) is 31.2 Å². The number of hydrogen-bond donors (Lipinski definition) is 2. The fourth-order valence-electron chi connectivity index (χ4n) is 3.97. The molecule has 2 N–H and O–H groups in total. The highest BCUT2D eigenvalue weighted by molar-refractivity contribution is 7.89. The van der Waals surface area contributed by atoms with Gasteiger partial charge in [-0.15, -0.1) is 0 Å². The SMILES string of the molecule is O=C(Cc1cc2c(-c3ccc(S(=O)(=O)NCCOC(=O)C(F)(F)F)cc3)ccnc2[nH]1)N1CCCC1. The molecule has 4 rings (SSSR count). The summed E-state index contributed by atoms with van der Waals surface area (Å²) in [7, 11) is -4.04. The molecule has 0 atom stereocenters. The van der Waals surface area contributed by atoms with Crippen LogP contribution >= 0.6 is 0 Å². The van der Waals surface area contributed by atoms with Crippen LogP contribution in [0.2, 0.25) is 0 Å². The van der Waals surface area contributed by atoms with Gasteiger partial charge in [0.1, 0.15) is 12.3 Å². The van der Waals surface area contributed by atoms with E-state index in [0.717, 1.165) is 42.6 Å². The lowest BCUT2D eigenvalue weighted by atomic mass is 10.0. The second-order valence-electron chi connectivity index (χ2n) is 8.24. The van der Waals surface area contributed by atoms with Crippen LogP contribution in [-0.2, 0) is 30.8 Å². The number of aromatic amines is 1. The second-order valence-corrected chi connectivity index (χ2v) is 10.0. The van der Waals surface area contributed by atoms with E-state index in [-0.39, 0.29) is 17.2 Å². The summed E-state index contributed by atoms with van der Waals surface area (Å²) in [6.07, 6.45) is -1.28. The molecule has 0 aliphatic carbocycles. The van der Waals surface area contributed by atoms with Crippen LogP contribution in [0, 0.1) is 0 Å². The first kappa shape index (κ1) is 25.6. The molecule has 1 aromatic carbocycles. The molecule has 9 nitrogen and oxygen atoms in total. The number of carbonyl (C=O) groups is 2. The number of carbonyl (C=O) groups excluding carboxylic acids is 2. The van der Waals surface area contributed by atoms with Crippen LogP contribution in [0.15, 0.2) is 47.5 Å². The molecule has 3 aromatic rings. The summed E-state index contributed by atoms with van der Waals surface area (Å²) < 4.78 is 67.3. The number of rotatable bonds is 8. The van der Waals surface area contributed by atoms with Gasteiger partial charge in [-0.1, -0.05) is 12.1 Å². The van der Waals surface area contributed by atoms with Crippen molar-refractivity contribution in [1.29, 1.82) is 0 Å². The third-order valence-electron chi connectivity index (χ3n) is 5.72. The number of nitrogens with one attached hydrogen (secondary N) is 2. The number of halogens is 3. The summed E-state index contributed by atoms with van der Waals surface area (Å²) in [6.45, 7) is 0.261. The first-order valence-electron chi connectivity index (χ1n) is 11.1. The van der Waals surface area contributed by atoms with Crippen molar-refractivity contribution < 1.29 is 35.9 Å². The molecule has 1 fully saturated rings. The van der Waals surface area contributed by atoms with Crippen LogP contribution in [0.4, 0.5) is 13.2 Å². The van der Waals surface area contributed by atoms with Gasteiger partial charge >= 0.3 is 12.1 Å². The second kappa shape index (κ2) is 10.3. The maximum absolute atomic E-state index is 12.5. The Morgan fingerprint density at radius 2 is 1.81 bits per heavy atom. The van der Waals surface area contributed by atoms with Gasteiger partial charge < -0.3 is 14.6 Å². The number of benzene rings is 1. The van der Waals surface area contributed by atoms with Crippen molar-refractivity contribution in [2.75, 3.05) is 26.2 Å². The molecular weight excluding hydrogens is 501 g/mol. The topological polar surface area (TPSA) is 121 Å². The zero-order valence-electron chi connectivity index (χ0n) is 19.0. The number of pyridine rings is 1. The normalized spacial score (nSPS) is 14.4. The van der Waals surface area contributed by atoms with Gasteiger partial charge in [0.05, 0.1) is 11.3 Å². The highest BCUT2D eigenvalue weighted by atomic mass is 32.2. The fraction of sp³-hybridized carbons (Fsp3) is 0.348. The summed E-state index contributed by atoms with van der Waals surface area (Å²) in [6, 6.07) is 9.54. The number of alkyl halides is 3. The first-order chi connectivity index (χ1) is 17.0. The van der Waals surface area contributed by atoms with E-state index in [4.69, 9.17) is 0 Å². The van der Waals surface area contributed by atoms with Crippen LogP contribution in [-0.4, -0.2) is 67.6 Å². The molecule has 3 heterocycles. The fourth-order valence-corrected chi connectivity index (χ4v) is 4.98. The van der Waals surface area contributed by atoms with Crippen molar-refractivity contribution in [1.82, 2.24) is 19.6 Å². The summed E-state index contributed by atoms with van der Waals surface area (Å²) in [5.41, 5.74) is 2.82. The Bertz CT molecular complexity index is 1360. The van der Waals surface area contributed by atoms with Gasteiger partial charge in [0.25, 0.3) is 0 Å². The van der Waals surface area contributed by atoms with Gasteiger partial charge in [0, 0.05) is 36.9 Å². The molecule has 1 amide bonds. The van der Waals surface area contributed by atoms with E-state index in [1.807, 2.05) is 11.0 Å². The smallest absolute Gasteiger partial charge is 0.458 e. The van der Waals surface area contributed by atoms with Crippen LogP contribution in [0.5, 0.6) is 0 Å². The van der Waals surface area contributed by atoms with Crippen molar-refractivity contribution in [2.24, 2.45) is 0 Å². The standard InChI is InChI=1S/C23H23F3N4O5S/c24-23(25,26)22(32)35-12-9-28-36(33,34)17-5-3-15(4-6-17)18-7-8-27-21-19(18)13-16(29-21)14-20(31)30-10-1-2-11-30/h3-8,13,28H,1-2,9-12,14H2,(H,27,29). The first-order valence-corrected chi connectivity index (χ1v) is 12.6. The molecule has 0 spiro atoms. The maximum atomic E-state index is 12.5. The monoisotopic (exact) mass is 524 g/mol. The minimum Gasteiger partial charge on any atom is -0.458 e. The lowest BCUT2D eigenvalue weighted by Crippen LogP contribution is -2.31. The van der Waals surface area contributed by atoms with Gasteiger partial charge in [-0.25, -0.2) is 22.9 Å². The Hall–Kier alpha value is -3.45. The minimum atomic E-state index is -5.14. The molecule has 1 aliphatic heterocycles. The van der Waals surface area contributed by atoms with Gasteiger partial charge in [-0.3, -0.25) is 4.79 Å². The number of sulfonamides is 1. The molecule has 0 unspecified atom stereocenters. The van der Waals surface area contributed by atoms with Crippen molar-refractivity contribution in [3.63, 3.8) is 0 Å². The number of amides is 1. The van der Waals surface area contributed by atoms with Gasteiger partial charge in [0.2, 0.25) is 15.9 Å². The van der Waals surface area contributed by atoms with E-state index >= 15 is 0 Å².